The first-order chi connectivity index (χ1) is 10.8. The molecule has 0 aliphatic rings. The van der Waals surface area contributed by atoms with Gasteiger partial charge in [-0.05, 0) is 24.3 Å². The summed E-state index contributed by atoms with van der Waals surface area (Å²) in [5, 5.41) is 10.8. The number of nitrogens with zero attached hydrogens (tertiary/aromatic N) is 2. The van der Waals surface area contributed by atoms with Crippen molar-refractivity contribution in [3.63, 3.8) is 0 Å². The van der Waals surface area contributed by atoms with Crippen LogP contribution in [0, 0.1) is 0 Å². The van der Waals surface area contributed by atoms with Crippen molar-refractivity contribution in [2.45, 2.75) is 0 Å². The van der Waals surface area contributed by atoms with Gasteiger partial charge in [0.25, 0.3) is 0 Å². The SMILES string of the molecule is O=C(CCl)Nc1ccccc1-c1nnc(-c2ccccc2)o1. The second kappa shape index (κ2) is 6.41. The summed E-state index contributed by atoms with van der Waals surface area (Å²) in [4.78, 5) is 11.5. The molecule has 5 nitrogen and oxygen atoms in total. The zero-order valence-corrected chi connectivity index (χ0v) is 12.2. The van der Waals surface area contributed by atoms with Crippen LogP contribution in [0.1, 0.15) is 0 Å². The summed E-state index contributed by atoms with van der Waals surface area (Å²) in [6.07, 6.45) is 0. The number of hydrogen-bond donors (Lipinski definition) is 1. The number of nitrogens with one attached hydrogen (secondary N) is 1. The molecule has 2 aromatic carbocycles. The standard InChI is InChI=1S/C16H12ClN3O2/c17-10-14(21)18-13-9-5-4-8-12(13)16-20-19-15(22-16)11-6-2-1-3-7-11/h1-9H,10H2,(H,18,21). The molecule has 1 aromatic heterocycles. The van der Waals surface area contributed by atoms with Gasteiger partial charge >= 0.3 is 0 Å². The molecule has 0 atom stereocenters. The van der Waals surface area contributed by atoms with Crippen LogP contribution in [0.4, 0.5) is 5.69 Å². The third kappa shape index (κ3) is 2.99. The summed E-state index contributed by atoms with van der Waals surface area (Å²) in [5.41, 5.74) is 2.07. The van der Waals surface area contributed by atoms with E-state index in [1.54, 1.807) is 12.1 Å². The molecule has 0 saturated carbocycles. The van der Waals surface area contributed by atoms with E-state index in [0.29, 0.717) is 23.0 Å². The highest BCUT2D eigenvalue weighted by Crippen LogP contribution is 2.29. The molecule has 0 spiro atoms. The number of aromatic nitrogens is 2. The Kier molecular flexibility index (Phi) is 4.16. The van der Waals surface area contributed by atoms with Gasteiger partial charge in [0.1, 0.15) is 5.88 Å². The molecule has 3 aromatic rings. The fourth-order valence-corrected chi connectivity index (χ4v) is 2.06. The molecule has 0 fully saturated rings. The molecule has 0 unspecified atom stereocenters. The number of amides is 1. The molecule has 1 N–H and O–H groups in total. The van der Waals surface area contributed by atoms with E-state index in [1.165, 1.54) is 0 Å². The van der Waals surface area contributed by atoms with Gasteiger partial charge in [-0.25, -0.2) is 0 Å². The molecule has 1 heterocycles. The highest BCUT2D eigenvalue weighted by molar-refractivity contribution is 6.29. The maximum atomic E-state index is 11.5. The summed E-state index contributed by atoms with van der Waals surface area (Å²) in [5.74, 6) is 0.350. The van der Waals surface area contributed by atoms with Crippen LogP contribution in [0.5, 0.6) is 0 Å². The lowest BCUT2D eigenvalue weighted by atomic mass is 10.2. The van der Waals surface area contributed by atoms with E-state index in [4.69, 9.17) is 16.0 Å². The quantitative estimate of drug-likeness (QED) is 0.747. The summed E-state index contributed by atoms with van der Waals surface area (Å²) in [7, 11) is 0. The van der Waals surface area contributed by atoms with Crippen molar-refractivity contribution in [1.82, 2.24) is 10.2 Å². The zero-order chi connectivity index (χ0) is 15.4. The number of carbonyl (C=O) groups excluding carboxylic acids is 1. The van der Waals surface area contributed by atoms with Crippen molar-refractivity contribution < 1.29 is 9.21 Å². The minimum Gasteiger partial charge on any atom is -0.416 e. The second-order valence-corrected chi connectivity index (χ2v) is 4.77. The van der Waals surface area contributed by atoms with Crippen molar-refractivity contribution in [2.75, 3.05) is 11.2 Å². The Balaban J connectivity index is 1.95. The van der Waals surface area contributed by atoms with Gasteiger partial charge in [0, 0.05) is 5.56 Å². The fraction of sp³-hybridized carbons (Fsp3) is 0.0625. The molecule has 110 valence electrons. The number of halogens is 1. The van der Waals surface area contributed by atoms with Crippen molar-refractivity contribution in [2.24, 2.45) is 0 Å². The van der Waals surface area contributed by atoms with Crippen molar-refractivity contribution >= 4 is 23.2 Å². The van der Waals surface area contributed by atoms with Crippen LogP contribution in [0.3, 0.4) is 0 Å². The predicted molar refractivity (Wildman–Crippen MR) is 84.5 cm³/mol. The molecule has 0 radical (unpaired) electrons. The first-order valence-electron chi connectivity index (χ1n) is 6.62. The molecular weight excluding hydrogens is 302 g/mol. The molecule has 22 heavy (non-hydrogen) atoms. The molecule has 0 aliphatic heterocycles. The first kappa shape index (κ1) is 14.3. The number of anilines is 1. The van der Waals surface area contributed by atoms with Crippen LogP contribution in [0.15, 0.2) is 59.0 Å². The maximum absolute atomic E-state index is 11.5. The van der Waals surface area contributed by atoms with Crippen molar-refractivity contribution in [1.29, 1.82) is 0 Å². The molecule has 1 amide bonds. The number of benzene rings is 2. The molecule has 0 saturated heterocycles. The van der Waals surface area contributed by atoms with Gasteiger partial charge in [0.15, 0.2) is 0 Å². The minimum atomic E-state index is -0.295. The molecule has 0 bridgehead atoms. The summed E-state index contributed by atoms with van der Waals surface area (Å²) < 4.78 is 5.71. The van der Waals surface area contributed by atoms with Gasteiger partial charge in [-0.2, -0.15) is 0 Å². The van der Waals surface area contributed by atoms with E-state index >= 15 is 0 Å². The lowest BCUT2D eigenvalue weighted by Gasteiger charge is -2.06. The first-order valence-corrected chi connectivity index (χ1v) is 7.15. The zero-order valence-electron chi connectivity index (χ0n) is 11.5. The van der Waals surface area contributed by atoms with Gasteiger partial charge in [0.05, 0.1) is 11.3 Å². The van der Waals surface area contributed by atoms with Crippen LogP contribution < -0.4 is 5.32 Å². The number of para-hydroxylation sites is 1. The topological polar surface area (TPSA) is 68.0 Å². The summed E-state index contributed by atoms with van der Waals surface area (Å²) in [6, 6.07) is 16.7. The minimum absolute atomic E-state index is 0.118. The Hall–Kier alpha value is -2.66. The van der Waals surface area contributed by atoms with Gasteiger partial charge in [0.2, 0.25) is 17.7 Å². The Morgan fingerprint density at radius 1 is 1.00 bits per heavy atom. The van der Waals surface area contributed by atoms with Crippen LogP contribution in [-0.4, -0.2) is 22.0 Å². The third-order valence-electron chi connectivity index (χ3n) is 3.00. The Labute approximate surface area is 131 Å². The average molecular weight is 314 g/mol. The Bertz CT molecular complexity index is 787. The normalized spacial score (nSPS) is 10.4. The van der Waals surface area contributed by atoms with Gasteiger partial charge in [-0.15, -0.1) is 21.8 Å². The second-order valence-electron chi connectivity index (χ2n) is 4.51. The monoisotopic (exact) mass is 313 g/mol. The third-order valence-corrected chi connectivity index (χ3v) is 3.24. The molecule has 0 aliphatic carbocycles. The van der Waals surface area contributed by atoms with E-state index in [-0.39, 0.29) is 11.8 Å². The van der Waals surface area contributed by atoms with E-state index in [9.17, 15) is 4.79 Å². The predicted octanol–water partition coefficient (Wildman–Crippen LogP) is 3.58. The molecule has 6 heteroatoms. The van der Waals surface area contributed by atoms with Gasteiger partial charge < -0.3 is 9.73 Å². The van der Waals surface area contributed by atoms with E-state index in [2.05, 4.69) is 15.5 Å². The number of carbonyl (C=O) groups is 1. The lowest BCUT2D eigenvalue weighted by molar-refractivity contribution is -0.113. The molecule has 3 rings (SSSR count). The Morgan fingerprint density at radius 2 is 1.68 bits per heavy atom. The number of rotatable bonds is 4. The average Bonchev–Trinajstić information content (AvgIpc) is 3.06. The lowest BCUT2D eigenvalue weighted by Crippen LogP contribution is -2.13. The number of hydrogen-bond acceptors (Lipinski definition) is 4. The van der Waals surface area contributed by atoms with E-state index in [1.807, 2.05) is 42.5 Å². The summed E-state index contributed by atoms with van der Waals surface area (Å²) >= 11 is 5.52. The van der Waals surface area contributed by atoms with Crippen molar-refractivity contribution in [3.05, 3.63) is 54.6 Å². The maximum Gasteiger partial charge on any atom is 0.250 e. The number of alkyl halides is 1. The van der Waals surface area contributed by atoms with Gasteiger partial charge in [-0.3, -0.25) is 4.79 Å². The Morgan fingerprint density at radius 3 is 2.45 bits per heavy atom. The van der Waals surface area contributed by atoms with Crippen molar-refractivity contribution in [3.8, 4) is 22.9 Å². The van der Waals surface area contributed by atoms with E-state index in [0.717, 1.165) is 5.56 Å². The summed E-state index contributed by atoms with van der Waals surface area (Å²) in [6.45, 7) is 0. The van der Waals surface area contributed by atoms with E-state index < -0.39 is 0 Å². The van der Waals surface area contributed by atoms with Gasteiger partial charge in [-0.1, -0.05) is 30.3 Å². The van der Waals surface area contributed by atoms with Crippen LogP contribution in [0.2, 0.25) is 0 Å². The highest BCUT2D eigenvalue weighted by atomic mass is 35.5. The van der Waals surface area contributed by atoms with Crippen LogP contribution in [-0.2, 0) is 4.79 Å². The fourth-order valence-electron chi connectivity index (χ4n) is 1.99. The smallest absolute Gasteiger partial charge is 0.250 e. The highest BCUT2D eigenvalue weighted by Gasteiger charge is 2.14. The largest absolute Gasteiger partial charge is 0.416 e. The van der Waals surface area contributed by atoms with Crippen LogP contribution in [0.25, 0.3) is 22.9 Å². The molecular formula is C16H12ClN3O2. The van der Waals surface area contributed by atoms with Crippen LogP contribution >= 0.6 is 11.6 Å².